The number of hydrogen-bond donors (Lipinski definition) is 2. The van der Waals surface area contributed by atoms with Crippen LogP contribution in [0.4, 0.5) is 11.6 Å². The highest BCUT2D eigenvalue weighted by Crippen LogP contribution is 2.20. The van der Waals surface area contributed by atoms with E-state index >= 15 is 0 Å². The molecule has 0 spiro atoms. The van der Waals surface area contributed by atoms with Gasteiger partial charge in [-0.1, -0.05) is 0 Å². The standard InChI is InChI=1S/C15H17N5O2/c21-13-4-7-16-9-12(13)19-14(22)11-3-1-8-20(10-11)15-17-5-2-6-18-15/h2,4-7,9,11H,1,3,8,10H2,(H,16,21)(H,19,22)/t11-/m0/s1. The fourth-order valence-electron chi connectivity index (χ4n) is 2.58. The maximum atomic E-state index is 12.4. The van der Waals surface area contributed by atoms with Crippen LogP contribution in [-0.4, -0.2) is 33.9 Å². The van der Waals surface area contributed by atoms with Crippen molar-refractivity contribution in [1.82, 2.24) is 15.0 Å². The number of piperidine rings is 1. The molecule has 0 aromatic carbocycles. The van der Waals surface area contributed by atoms with Crippen LogP contribution >= 0.6 is 0 Å². The molecule has 1 fully saturated rings. The van der Waals surface area contributed by atoms with Crippen LogP contribution < -0.4 is 15.6 Å². The third kappa shape index (κ3) is 3.13. The van der Waals surface area contributed by atoms with Crippen molar-refractivity contribution >= 4 is 17.5 Å². The van der Waals surface area contributed by atoms with Crippen LogP contribution in [0.2, 0.25) is 0 Å². The van der Waals surface area contributed by atoms with Crippen LogP contribution in [0.1, 0.15) is 12.8 Å². The summed E-state index contributed by atoms with van der Waals surface area (Å²) in [5.74, 6) is 0.312. The zero-order chi connectivity index (χ0) is 15.4. The average molecular weight is 299 g/mol. The number of nitrogens with zero attached hydrogens (tertiary/aromatic N) is 3. The highest BCUT2D eigenvalue weighted by Gasteiger charge is 2.27. The summed E-state index contributed by atoms with van der Waals surface area (Å²) in [6, 6.07) is 3.15. The van der Waals surface area contributed by atoms with Crippen LogP contribution in [0.25, 0.3) is 0 Å². The van der Waals surface area contributed by atoms with E-state index in [9.17, 15) is 9.59 Å². The molecule has 2 N–H and O–H groups in total. The molecule has 114 valence electrons. The van der Waals surface area contributed by atoms with Crippen molar-refractivity contribution in [2.45, 2.75) is 12.8 Å². The van der Waals surface area contributed by atoms with Gasteiger partial charge in [-0.2, -0.15) is 0 Å². The van der Waals surface area contributed by atoms with E-state index in [4.69, 9.17) is 0 Å². The summed E-state index contributed by atoms with van der Waals surface area (Å²) in [5.41, 5.74) is 0.0757. The number of H-pyrrole nitrogens is 1. The zero-order valence-corrected chi connectivity index (χ0v) is 12.0. The van der Waals surface area contributed by atoms with Crippen molar-refractivity contribution in [3.8, 4) is 0 Å². The van der Waals surface area contributed by atoms with Crippen molar-refractivity contribution in [2.75, 3.05) is 23.3 Å². The number of carbonyl (C=O) groups is 1. The molecule has 1 atom stereocenters. The normalized spacial score (nSPS) is 18.0. The molecule has 0 aliphatic carbocycles. The summed E-state index contributed by atoms with van der Waals surface area (Å²) < 4.78 is 0. The molecule has 1 aliphatic rings. The van der Waals surface area contributed by atoms with E-state index in [-0.39, 0.29) is 22.9 Å². The highest BCUT2D eigenvalue weighted by atomic mass is 16.2. The van der Waals surface area contributed by atoms with Crippen molar-refractivity contribution in [3.05, 3.63) is 47.1 Å². The lowest BCUT2D eigenvalue weighted by molar-refractivity contribution is -0.120. The average Bonchev–Trinajstić information content (AvgIpc) is 2.58. The quantitative estimate of drug-likeness (QED) is 0.883. The van der Waals surface area contributed by atoms with Gasteiger partial charge in [0, 0.05) is 43.9 Å². The minimum absolute atomic E-state index is 0.141. The monoisotopic (exact) mass is 299 g/mol. The Morgan fingerprint density at radius 1 is 1.36 bits per heavy atom. The third-order valence-electron chi connectivity index (χ3n) is 3.71. The summed E-state index contributed by atoms with van der Waals surface area (Å²) in [4.78, 5) is 37.3. The maximum Gasteiger partial charge on any atom is 0.229 e. The Balaban J connectivity index is 1.68. The van der Waals surface area contributed by atoms with Crippen molar-refractivity contribution in [1.29, 1.82) is 0 Å². The predicted octanol–water partition coefficient (Wildman–Crippen LogP) is 1.02. The van der Waals surface area contributed by atoms with E-state index in [0.717, 1.165) is 19.4 Å². The molecule has 0 saturated carbocycles. The molecule has 3 rings (SSSR count). The second kappa shape index (κ2) is 6.38. The Hall–Kier alpha value is -2.70. The van der Waals surface area contributed by atoms with Crippen LogP contribution in [0.15, 0.2) is 41.7 Å². The van der Waals surface area contributed by atoms with Gasteiger partial charge in [-0.3, -0.25) is 9.59 Å². The molecular formula is C15H17N5O2. The van der Waals surface area contributed by atoms with Crippen LogP contribution in [-0.2, 0) is 4.79 Å². The lowest BCUT2D eigenvalue weighted by Gasteiger charge is -2.31. The van der Waals surface area contributed by atoms with Crippen LogP contribution in [0.3, 0.4) is 0 Å². The number of amides is 1. The molecule has 0 bridgehead atoms. The molecule has 0 radical (unpaired) electrons. The van der Waals surface area contributed by atoms with Gasteiger partial charge in [-0.05, 0) is 18.9 Å². The highest BCUT2D eigenvalue weighted by molar-refractivity contribution is 5.92. The Kier molecular flexibility index (Phi) is 4.13. The minimum Gasteiger partial charge on any atom is -0.366 e. The minimum atomic E-state index is -0.203. The number of hydrogen-bond acceptors (Lipinski definition) is 5. The second-order valence-electron chi connectivity index (χ2n) is 5.25. The van der Waals surface area contributed by atoms with Gasteiger partial charge in [0.05, 0.1) is 5.92 Å². The van der Waals surface area contributed by atoms with Gasteiger partial charge in [0.1, 0.15) is 5.69 Å². The Bertz CT molecular complexity index is 700. The third-order valence-corrected chi connectivity index (χ3v) is 3.71. The summed E-state index contributed by atoms with van der Waals surface area (Å²) in [6.07, 6.45) is 8.10. The molecule has 1 aliphatic heterocycles. The van der Waals surface area contributed by atoms with Gasteiger partial charge in [-0.25, -0.2) is 9.97 Å². The zero-order valence-electron chi connectivity index (χ0n) is 12.0. The van der Waals surface area contributed by atoms with Gasteiger partial charge < -0.3 is 15.2 Å². The van der Waals surface area contributed by atoms with Crippen LogP contribution in [0, 0.1) is 5.92 Å². The number of anilines is 2. The molecule has 22 heavy (non-hydrogen) atoms. The van der Waals surface area contributed by atoms with Gasteiger partial charge in [-0.15, -0.1) is 0 Å². The van der Waals surface area contributed by atoms with Crippen molar-refractivity contribution < 1.29 is 4.79 Å². The number of nitrogens with one attached hydrogen (secondary N) is 2. The molecule has 7 heteroatoms. The molecule has 0 unspecified atom stereocenters. The van der Waals surface area contributed by atoms with Gasteiger partial charge in [0.25, 0.3) is 0 Å². The van der Waals surface area contributed by atoms with Crippen molar-refractivity contribution in [2.24, 2.45) is 5.92 Å². The van der Waals surface area contributed by atoms with Crippen molar-refractivity contribution in [3.63, 3.8) is 0 Å². The number of aromatic amines is 1. The largest absolute Gasteiger partial charge is 0.366 e. The SMILES string of the molecule is O=C(Nc1c[nH]ccc1=O)[C@H]1CCCN(c2ncccn2)C1. The van der Waals surface area contributed by atoms with E-state index in [1.807, 2.05) is 4.90 Å². The number of pyridine rings is 1. The molecule has 1 saturated heterocycles. The van der Waals surface area contributed by atoms with E-state index in [0.29, 0.717) is 12.5 Å². The lowest BCUT2D eigenvalue weighted by atomic mass is 9.97. The van der Waals surface area contributed by atoms with E-state index in [1.54, 1.807) is 18.5 Å². The van der Waals surface area contributed by atoms with Gasteiger partial charge in [0.2, 0.25) is 17.3 Å². The number of aromatic nitrogens is 3. The number of carbonyl (C=O) groups excluding carboxylic acids is 1. The first kappa shape index (κ1) is 14.2. The van der Waals surface area contributed by atoms with Crippen LogP contribution in [0.5, 0.6) is 0 Å². The second-order valence-corrected chi connectivity index (χ2v) is 5.25. The topological polar surface area (TPSA) is 91.0 Å². The molecule has 1 amide bonds. The molecular weight excluding hydrogens is 282 g/mol. The predicted molar refractivity (Wildman–Crippen MR) is 82.7 cm³/mol. The molecule has 2 aromatic heterocycles. The number of rotatable bonds is 3. The maximum absolute atomic E-state index is 12.4. The molecule has 3 heterocycles. The summed E-state index contributed by atoms with van der Waals surface area (Å²) in [7, 11) is 0. The Morgan fingerprint density at radius 3 is 2.95 bits per heavy atom. The fourth-order valence-corrected chi connectivity index (χ4v) is 2.58. The Morgan fingerprint density at radius 2 is 2.18 bits per heavy atom. The lowest BCUT2D eigenvalue weighted by Crippen LogP contribution is -2.41. The van der Waals surface area contributed by atoms with E-state index in [2.05, 4.69) is 20.3 Å². The molecule has 7 nitrogen and oxygen atoms in total. The van der Waals surface area contributed by atoms with Gasteiger partial charge >= 0.3 is 0 Å². The Labute approximate surface area is 127 Å². The summed E-state index contributed by atoms with van der Waals surface area (Å²) in [6.45, 7) is 1.39. The smallest absolute Gasteiger partial charge is 0.229 e. The summed E-state index contributed by atoms with van der Waals surface area (Å²) >= 11 is 0. The first-order valence-electron chi connectivity index (χ1n) is 7.24. The first-order valence-corrected chi connectivity index (χ1v) is 7.24. The van der Waals surface area contributed by atoms with Gasteiger partial charge in [0.15, 0.2) is 0 Å². The van der Waals surface area contributed by atoms with E-state index in [1.165, 1.54) is 18.5 Å². The summed E-state index contributed by atoms with van der Waals surface area (Å²) in [5, 5.41) is 2.70. The van der Waals surface area contributed by atoms with E-state index < -0.39 is 0 Å². The molecule has 2 aromatic rings. The first-order chi connectivity index (χ1) is 10.7. The fraction of sp³-hybridized carbons (Fsp3) is 0.333.